The molecule has 0 saturated heterocycles. The predicted molar refractivity (Wildman–Crippen MR) is 68.2 cm³/mol. The predicted octanol–water partition coefficient (Wildman–Crippen LogP) is 3.24. The fourth-order valence-electron chi connectivity index (χ4n) is 1.19. The Labute approximate surface area is 110 Å². The van der Waals surface area contributed by atoms with Crippen molar-refractivity contribution >= 4 is 29.4 Å². The first-order valence-electron chi connectivity index (χ1n) is 5.36. The van der Waals surface area contributed by atoms with Gasteiger partial charge in [-0.05, 0) is 24.1 Å². The lowest BCUT2D eigenvalue weighted by Gasteiger charge is -2.10. The molecular formula is C12H14ClNO4. The molecule has 0 bridgehead atoms. The third-order valence-corrected chi connectivity index (χ3v) is 2.23. The van der Waals surface area contributed by atoms with Gasteiger partial charge in [0.25, 0.3) is 0 Å². The molecule has 0 saturated carbocycles. The number of carboxylic acids is 1. The monoisotopic (exact) mass is 271 g/mol. The molecule has 0 aliphatic carbocycles. The van der Waals surface area contributed by atoms with Crippen LogP contribution in [-0.4, -0.2) is 23.8 Å². The molecule has 0 aromatic heterocycles. The van der Waals surface area contributed by atoms with Crippen LogP contribution in [-0.2, 0) is 4.74 Å². The Balaban J connectivity index is 2.79. The highest BCUT2D eigenvalue weighted by Gasteiger charge is 2.13. The summed E-state index contributed by atoms with van der Waals surface area (Å²) >= 11 is 5.75. The van der Waals surface area contributed by atoms with E-state index in [1.165, 1.54) is 18.2 Å². The molecule has 1 amide bonds. The summed E-state index contributed by atoms with van der Waals surface area (Å²) in [4.78, 5) is 22.4. The number of hydrogen-bond acceptors (Lipinski definition) is 3. The first kappa shape index (κ1) is 14.3. The van der Waals surface area contributed by atoms with E-state index < -0.39 is 12.1 Å². The standard InChI is InChI=1S/C12H14ClNO4/c1-7(2)6-18-12(17)14-10-5-8(13)3-4-9(10)11(15)16/h3-5,7H,6H2,1-2H3,(H,14,17)(H,15,16). The van der Waals surface area contributed by atoms with Gasteiger partial charge in [0.1, 0.15) is 0 Å². The Bertz CT molecular complexity index is 459. The van der Waals surface area contributed by atoms with Crippen molar-refractivity contribution in [1.29, 1.82) is 0 Å². The van der Waals surface area contributed by atoms with Gasteiger partial charge in [-0.25, -0.2) is 9.59 Å². The van der Waals surface area contributed by atoms with Crippen LogP contribution in [0.1, 0.15) is 24.2 Å². The van der Waals surface area contributed by atoms with Crippen molar-refractivity contribution in [2.24, 2.45) is 5.92 Å². The van der Waals surface area contributed by atoms with Gasteiger partial charge in [-0.2, -0.15) is 0 Å². The number of ether oxygens (including phenoxy) is 1. The first-order chi connectivity index (χ1) is 8.40. The van der Waals surface area contributed by atoms with Crippen molar-refractivity contribution in [3.8, 4) is 0 Å². The van der Waals surface area contributed by atoms with Gasteiger partial charge in [-0.15, -0.1) is 0 Å². The molecule has 6 heteroatoms. The number of carbonyl (C=O) groups is 2. The number of carboxylic acid groups (broad SMARTS) is 1. The van der Waals surface area contributed by atoms with E-state index in [1.807, 2.05) is 13.8 Å². The topological polar surface area (TPSA) is 75.6 Å². The number of amides is 1. The first-order valence-corrected chi connectivity index (χ1v) is 5.74. The number of hydrogen-bond donors (Lipinski definition) is 2. The quantitative estimate of drug-likeness (QED) is 0.881. The molecule has 0 spiro atoms. The van der Waals surface area contributed by atoms with Gasteiger partial charge in [0, 0.05) is 5.02 Å². The highest BCUT2D eigenvalue weighted by Crippen LogP contribution is 2.21. The SMILES string of the molecule is CC(C)COC(=O)Nc1cc(Cl)ccc1C(=O)O. The molecule has 0 aliphatic rings. The van der Waals surface area contributed by atoms with Crippen LogP contribution in [0.3, 0.4) is 0 Å². The summed E-state index contributed by atoms with van der Waals surface area (Å²) in [6, 6.07) is 4.13. The average molecular weight is 272 g/mol. The molecule has 2 N–H and O–H groups in total. The van der Waals surface area contributed by atoms with Gasteiger partial charge in [0.2, 0.25) is 0 Å². The largest absolute Gasteiger partial charge is 0.478 e. The second-order valence-corrected chi connectivity index (χ2v) is 4.55. The van der Waals surface area contributed by atoms with E-state index in [2.05, 4.69) is 5.32 Å². The number of anilines is 1. The number of rotatable bonds is 4. The molecule has 0 heterocycles. The molecule has 1 rings (SSSR count). The minimum absolute atomic E-state index is 0.0408. The summed E-state index contributed by atoms with van der Waals surface area (Å²) < 4.78 is 4.90. The third kappa shape index (κ3) is 4.25. The minimum atomic E-state index is -1.15. The van der Waals surface area contributed by atoms with Gasteiger partial charge in [0.15, 0.2) is 0 Å². The zero-order valence-electron chi connectivity index (χ0n) is 10.1. The molecule has 0 fully saturated rings. The summed E-state index contributed by atoms with van der Waals surface area (Å²) in [5.41, 5.74) is 0.0738. The molecule has 18 heavy (non-hydrogen) atoms. The lowest BCUT2D eigenvalue weighted by Crippen LogP contribution is -2.18. The Kier molecular flexibility index (Phi) is 4.97. The number of benzene rings is 1. The number of halogens is 1. The van der Waals surface area contributed by atoms with Gasteiger partial charge in [-0.1, -0.05) is 25.4 Å². The van der Waals surface area contributed by atoms with Crippen LogP contribution in [0.4, 0.5) is 10.5 Å². The van der Waals surface area contributed by atoms with Crippen LogP contribution in [0.15, 0.2) is 18.2 Å². The van der Waals surface area contributed by atoms with E-state index in [0.29, 0.717) is 5.02 Å². The number of aromatic carboxylic acids is 1. The normalized spacial score (nSPS) is 10.2. The summed E-state index contributed by atoms with van der Waals surface area (Å²) in [7, 11) is 0. The van der Waals surface area contributed by atoms with Gasteiger partial charge in [-0.3, -0.25) is 5.32 Å². The lowest BCUT2D eigenvalue weighted by molar-refractivity contribution is 0.0698. The van der Waals surface area contributed by atoms with Gasteiger partial charge >= 0.3 is 12.1 Å². The maximum atomic E-state index is 11.4. The van der Waals surface area contributed by atoms with Gasteiger partial charge in [0.05, 0.1) is 17.9 Å². The zero-order valence-corrected chi connectivity index (χ0v) is 10.8. The molecular weight excluding hydrogens is 258 g/mol. The van der Waals surface area contributed by atoms with Crippen LogP contribution >= 0.6 is 11.6 Å². The summed E-state index contributed by atoms with van der Waals surface area (Å²) in [5, 5.41) is 11.6. The molecule has 1 aromatic carbocycles. The van der Waals surface area contributed by atoms with Crippen molar-refractivity contribution in [2.45, 2.75) is 13.8 Å². The Hall–Kier alpha value is -1.75. The van der Waals surface area contributed by atoms with Crippen molar-refractivity contribution in [1.82, 2.24) is 0 Å². The summed E-state index contributed by atoms with van der Waals surface area (Å²) in [6.45, 7) is 4.06. The molecule has 0 atom stereocenters. The Morgan fingerprint density at radius 3 is 2.67 bits per heavy atom. The van der Waals surface area contributed by atoms with Gasteiger partial charge < -0.3 is 9.84 Å². The third-order valence-electron chi connectivity index (χ3n) is 2.00. The lowest BCUT2D eigenvalue weighted by atomic mass is 10.2. The maximum absolute atomic E-state index is 11.4. The summed E-state index contributed by atoms with van der Waals surface area (Å²) in [5.74, 6) is -0.945. The molecule has 0 unspecified atom stereocenters. The van der Waals surface area contributed by atoms with E-state index in [-0.39, 0.29) is 23.8 Å². The molecule has 0 aliphatic heterocycles. The van der Waals surface area contributed by atoms with Crippen molar-refractivity contribution in [3.63, 3.8) is 0 Å². The fraction of sp³-hybridized carbons (Fsp3) is 0.333. The maximum Gasteiger partial charge on any atom is 0.411 e. The zero-order chi connectivity index (χ0) is 13.7. The van der Waals surface area contributed by atoms with E-state index in [4.69, 9.17) is 21.4 Å². The van der Waals surface area contributed by atoms with Crippen LogP contribution in [0.25, 0.3) is 0 Å². The van der Waals surface area contributed by atoms with E-state index in [0.717, 1.165) is 0 Å². The van der Waals surface area contributed by atoms with E-state index in [9.17, 15) is 9.59 Å². The van der Waals surface area contributed by atoms with Crippen LogP contribution in [0, 0.1) is 5.92 Å². The molecule has 0 radical (unpaired) electrons. The fourth-order valence-corrected chi connectivity index (χ4v) is 1.37. The highest BCUT2D eigenvalue weighted by atomic mass is 35.5. The molecule has 1 aromatic rings. The molecule has 98 valence electrons. The van der Waals surface area contributed by atoms with Crippen LogP contribution in [0.2, 0.25) is 5.02 Å². The van der Waals surface area contributed by atoms with Crippen molar-refractivity contribution in [3.05, 3.63) is 28.8 Å². The minimum Gasteiger partial charge on any atom is -0.478 e. The second kappa shape index (κ2) is 6.26. The average Bonchev–Trinajstić information content (AvgIpc) is 2.26. The molecule has 5 nitrogen and oxygen atoms in total. The number of nitrogens with one attached hydrogen (secondary N) is 1. The number of carbonyl (C=O) groups excluding carboxylic acids is 1. The van der Waals surface area contributed by atoms with E-state index in [1.54, 1.807) is 0 Å². The van der Waals surface area contributed by atoms with Crippen molar-refractivity contribution in [2.75, 3.05) is 11.9 Å². The second-order valence-electron chi connectivity index (χ2n) is 4.11. The highest BCUT2D eigenvalue weighted by molar-refractivity contribution is 6.31. The van der Waals surface area contributed by atoms with E-state index >= 15 is 0 Å². The van der Waals surface area contributed by atoms with Crippen LogP contribution in [0.5, 0.6) is 0 Å². The van der Waals surface area contributed by atoms with Crippen molar-refractivity contribution < 1.29 is 19.4 Å². The smallest absolute Gasteiger partial charge is 0.411 e. The van der Waals surface area contributed by atoms with Crippen LogP contribution < -0.4 is 5.32 Å². The Morgan fingerprint density at radius 1 is 1.44 bits per heavy atom. The summed E-state index contributed by atoms with van der Waals surface area (Å²) in [6.07, 6.45) is -0.700. The Morgan fingerprint density at radius 2 is 2.11 bits per heavy atom.